The zero-order valence-electron chi connectivity index (χ0n) is 19.9. The summed E-state index contributed by atoms with van der Waals surface area (Å²) in [6, 6.07) is 7.45. The van der Waals surface area contributed by atoms with E-state index in [-0.39, 0.29) is 24.0 Å². The molecule has 0 aromatic heterocycles. The third-order valence-corrected chi connectivity index (χ3v) is 6.29. The molecule has 2 atom stereocenters. The van der Waals surface area contributed by atoms with Crippen molar-refractivity contribution < 1.29 is 23.8 Å². The number of imide groups is 1. The Labute approximate surface area is 196 Å². The normalized spacial score (nSPS) is 24.7. The van der Waals surface area contributed by atoms with Gasteiger partial charge in [0, 0.05) is 39.3 Å². The second-order valence-electron chi connectivity index (χ2n) is 8.91. The van der Waals surface area contributed by atoms with Crippen LogP contribution in [-0.2, 0) is 19.1 Å². The number of benzene rings is 1. The van der Waals surface area contributed by atoms with E-state index in [2.05, 4.69) is 4.90 Å². The first-order valence-corrected chi connectivity index (χ1v) is 12.0. The molecule has 8 heteroatoms. The molecule has 2 saturated heterocycles. The second-order valence-corrected chi connectivity index (χ2v) is 8.91. The molecule has 0 radical (unpaired) electrons. The highest BCUT2D eigenvalue weighted by Gasteiger charge is 2.42. The first kappa shape index (κ1) is 23.7. The molecule has 2 amide bonds. The van der Waals surface area contributed by atoms with Crippen LogP contribution in [0.2, 0.25) is 0 Å². The van der Waals surface area contributed by atoms with Crippen LogP contribution in [0.15, 0.2) is 30.0 Å². The predicted octanol–water partition coefficient (Wildman–Crippen LogP) is 2.00. The number of carbonyl (C=O) groups is 2. The Morgan fingerprint density at radius 2 is 1.64 bits per heavy atom. The van der Waals surface area contributed by atoms with Crippen molar-refractivity contribution in [3.63, 3.8) is 0 Å². The van der Waals surface area contributed by atoms with Crippen molar-refractivity contribution in [1.29, 1.82) is 0 Å². The fraction of sp³-hybridized carbons (Fsp3) is 0.600. The summed E-state index contributed by atoms with van der Waals surface area (Å²) in [6.07, 6.45) is 0.722. The molecule has 3 aliphatic heterocycles. The van der Waals surface area contributed by atoms with Gasteiger partial charge in [-0.2, -0.15) is 0 Å². The van der Waals surface area contributed by atoms with Gasteiger partial charge in [-0.1, -0.05) is 12.1 Å². The molecular weight excluding hydrogens is 422 g/mol. The van der Waals surface area contributed by atoms with Crippen LogP contribution >= 0.6 is 0 Å². The van der Waals surface area contributed by atoms with E-state index in [1.807, 2.05) is 49.9 Å². The van der Waals surface area contributed by atoms with E-state index < -0.39 is 0 Å². The molecule has 2 fully saturated rings. The summed E-state index contributed by atoms with van der Waals surface area (Å²) in [5, 5.41) is 0. The van der Waals surface area contributed by atoms with Gasteiger partial charge in [0.25, 0.3) is 11.8 Å². The third-order valence-electron chi connectivity index (χ3n) is 6.29. The van der Waals surface area contributed by atoms with E-state index in [1.165, 1.54) is 4.90 Å². The van der Waals surface area contributed by atoms with Gasteiger partial charge in [-0.25, -0.2) is 0 Å². The number of nitrogens with zero attached hydrogens (tertiary/aromatic N) is 3. The molecule has 8 nitrogen and oxygen atoms in total. The maximum Gasteiger partial charge on any atom is 0.277 e. The molecule has 0 N–H and O–H groups in total. The van der Waals surface area contributed by atoms with Crippen molar-refractivity contribution in [2.75, 3.05) is 59.1 Å². The minimum atomic E-state index is -0.215. The van der Waals surface area contributed by atoms with E-state index in [4.69, 9.17) is 14.2 Å². The molecule has 2 unspecified atom stereocenters. The van der Waals surface area contributed by atoms with E-state index in [9.17, 15) is 9.59 Å². The highest BCUT2D eigenvalue weighted by atomic mass is 16.5. The van der Waals surface area contributed by atoms with Gasteiger partial charge in [0.15, 0.2) is 0 Å². The molecule has 0 aliphatic carbocycles. The van der Waals surface area contributed by atoms with E-state index in [0.29, 0.717) is 37.5 Å². The van der Waals surface area contributed by atoms with E-state index >= 15 is 0 Å². The average molecular weight is 458 g/mol. The fourth-order valence-electron chi connectivity index (χ4n) is 4.84. The van der Waals surface area contributed by atoms with Crippen LogP contribution in [-0.4, -0.2) is 97.8 Å². The molecule has 180 valence electrons. The quantitative estimate of drug-likeness (QED) is 0.553. The second kappa shape index (κ2) is 10.7. The zero-order chi connectivity index (χ0) is 23.4. The largest absolute Gasteiger partial charge is 0.494 e. The van der Waals surface area contributed by atoms with E-state index in [1.54, 1.807) is 0 Å². The van der Waals surface area contributed by atoms with Crippen LogP contribution < -0.4 is 4.74 Å². The molecule has 1 aromatic carbocycles. The molecule has 3 aliphatic rings. The minimum absolute atomic E-state index is 0.0129. The Morgan fingerprint density at radius 1 is 0.970 bits per heavy atom. The van der Waals surface area contributed by atoms with Crippen LogP contribution in [0.4, 0.5) is 0 Å². The minimum Gasteiger partial charge on any atom is -0.494 e. The summed E-state index contributed by atoms with van der Waals surface area (Å²) < 4.78 is 16.8. The highest BCUT2D eigenvalue weighted by Crippen LogP contribution is 2.34. The van der Waals surface area contributed by atoms with Gasteiger partial charge in [-0.05, 0) is 44.9 Å². The van der Waals surface area contributed by atoms with Crippen molar-refractivity contribution in [1.82, 2.24) is 14.7 Å². The smallest absolute Gasteiger partial charge is 0.277 e. The number of hydrogen-bond donors (Lipinski definition) is 0. The lowest BCUT2D eigenvalue weighted by molar-refractivity contribution is -0.138. The summed E-state index contributed by atoms with van der Waals surface area (Å²) in [6.45, 7) is 12.2. The van der Waals surface area contributed by atoms with Crippen molar-refractivity contribution >= 4 is 17.4 Å². The Kier molecular flexibility index (Phi) is 7.67. The lowest BCUT2D eigenvalue weighted by atomic mass is 10.0. The maximum atomic E-state index is 13.6. The summed E-state index contributed by atoms with van der Waals surface area (Å²) in [5.41, 5.74) is 1.72. The van der Waals surface area contributed by atoms with Gasteiger partial charge in [-0.3, -0.25) is 19.4 Å². The fourth-order valence-corrected chi connectivity index (χ4v) is 4.84. The zero-order valence-corrected chi connectivity index (χ0v) is 19.9. The average Bonchev–Trinajstić information content (AvgIpc) is 3.05. The molecule has 0 saturated carbocycles. The summed E-state index contributed by atoms with van der Waals surface area (Å²) in [4.78, 5) is 32.9. The molecule has 33 heavy (non-hydrogen) atoms. The number of amides is 2. The monoisotopic (exact) mass is 457 g/mol. The van der Waals surface area contributed by atoms with Gasteiger partial charge in [0.1, 0.15) is 11.4 Å². The van der Waals surface area contributed by atoms with Crippen LogP contribution in [0.5, 0.6) is 5.75 Å². The lowest BCUT2D eigenvalue weighted by Crippen LogP contribution is -2.47. The lowest BCUT2D eigenvalue weighted by Gasteiger charge is -2.37. The number of carbonyl (C=O) groups excluding carboxylic acids is 2. The van der Waals surface area contributed by atoms with Crippen LogP contribution in [0.3, 0.4) is 0 Å². The SMILES string of the molecule is CCOc1ccc(C2=C(N3CC(C)OC(C)C3)C(=O)N(CCCN3CCOCC3)C2=O)cc1. The van der Waals surface area contributed by atoms with Gasteiger partial charge >= 0.3 is 0 Å². The van der Waals surface area contributed by atoms with Gasteiger partial charge in [0.2, 0.25) is 0 Å². The first-order valence-electron chi connectivity index (χ1n) is 12.0. The van der Waals surface area contributed by atoms with Crippen LogP contribution in [0.1, 0.15) is 32.8 Å². The Balaban J connectivity index is 1.57. The first-order chi connectivity index (χ1) is 16.0. The Morgan fingerprint density at radius 3 is 2.27 bits per heavy atom. The summed E-state index contributed by atoms with van der Waals surface area (Å²) in [5.74, 6) is 0.330. The molecule has 1 aromatic rings. The van der Waals surface area contributed by atoms with Crippen molar-refractivity contribution in [3.8, 4) is 5.75 Å². The number of hydrogen-bond acceptors (Lipinski definition) is 7. The molecule has 0 spiro atoms. The van der Waals surface area contributed by atoms with Crippen LogP contribution in [0.25, 0.3) is 5.57 Å². The molecule has 4 rings (SSSR count). The maximum absolute atomic E-state index is 13.6. The number of rotatable bonds is 8. The van der Waals surface area contributed by atoms with Crippen LogP contribution in [0, 0.1) is 0 Å². The standard InChI is InChI=1S/C25H35N3O5/c1-4-32-21-8-6-20(7-9-21)22-23(27-16-18(2)33-19(3)17-27)25(30)28(24(22)29)11-5-10-26-12-14-31-15-13-26/h6-9,18-19H,4-5,10-17H2,1-3H3. The van der Waals surface area contributed by atoms with Gasteiger partial charge < -0.3 is 19.1 Å². The summed E-state index contributed by atoms with van der Waals surface area (Å²) in [7, 11) is 0. The van der Waals surface area contributed by atoms with E-state index in [0.717, 1.165) is 50.6 Å². The Bertz CT molecular complexity index is 869. The molecule has 3 heterocycles. The van der Waals surface area contributed by atoms with Gasteiger partial charge in [0.05, 0.1) is 37.6 Å². The van der Waals surface area contributed by atoms with Crippen molar-refractivity contribution in [3.05, 3.63) is 35.5 Å². The van der Waals surface area contributed by atoms with Crippen molar-refractivity contribution in [2.45, 2.75) is 39.4 Å². The highest BCUT2D eigenvalue weighted by molar-refractivity contribution is 6.35. The number of ether oxygens (including phenoxy) is 3. The third kappa shape index (κ3) is 5.39. The van der Waals surface area contributed by atoms with Crippen molar-refractivity contribution in [2.24, 2.45) is 0 Å². The predicted molar refractivity (Wildman–Crippen MR) is 125 cm³/mol. The number of morpholine rings is 2. The van der Waals surface area contributed by atoms with Gasteiger partial charge in [-0.15, -0.1) is 0 Å². The Hall–Kier alpha value is -2.42. The molecule has 0 bridgehead atoms. The molecular formula is C25H35N3O5. The summed E-state index contributed by atoms with van der Waals surface area (Å²) >= 11 is 0. The topological polar surface area (TPSA) is 71.6 Å².